The van der Waals surface area contributed by atoms with E-state index in [-0.39, 0.29) is 11.9 Å². The maximum Gasteiger partial charge on any atom is 0.321 e. The molecule has 24 heavy (non-hydrogen) atoms. The number of rotatable bonds is 4. The van der Waals surface area contributed by atoms with Gasteiger partial charge in [0.15, 0.2) is 0 Å². The van der Waals surface area contributed by atoms with Crippen LogP contribution in [0.2, 0.25) is 10.0 Å². The van der Waals surface area contributed by atoms with Crippen LogP contribution in [0, 0.1) is 0 Å². The molecule has 1 aliphatic rings. The first-order valence-corrected chi connectivity index (χ1v) is 8.55. The van der Waals surface area contributed by atoms with Crippen molar-refractivity contribution in [2.45, 2.75) is 6.42 Å². The predicted octanol–water partition coefficient (Wildman–Crippen LogP) is 2.62. The van der Waals surface area contributed by atoms with Crippen LogP contribution in [0.4, 0.5) is 10.5 Å². The molecule has 1 aromatic rings. The van der Waals surface area contributed by atoms with Crippen LogP contribution < -0.4 is 5.32 Å². The van der Waals surface area contributed by atoms with E-state index in [1.807, 2.05) is 0 Å². The summed E-state index contributed by atoms with van der Waals surface area (Å²) < 4.78 is 0. The molecular weight excluding hydrogens is 351 g/mol. The quantitative estimate of drug-likeness (QED) is 0.883. The summed E-state index contributed by atoms with van der Waals surface area (Å²) in [6, 6.07) is 4.77. The number of halogens is 2. The summed E-state index contributed by atoms with van der Waals surface area (Å²) in [6.45, 7) is 3.47. The van der Waals surface area contributed by atoms with Gasteiger partial charge in [-0.1, -0.05) is 23.2 Å². The van der Waals surface area contributed by atoms with E-state index in [4.69, 9.17) is 23.2 Å². The van der Waals surface area contributed by atoms with Crippen LogP contribution in [-0.4, -0.2) is 73.5 Å². The second kappa shape index (κ2) is 8.55. The Hall–Kier alpha value is -1.50. The van der Waals surface area contributed by atoms with E-state index < -0.39 is 0 Å². The number of hydrogen-bond donors (Lipinski definition) is 1. The number of carbonyl (C=O) groups is 2. The van der Waals surface area contributed by atoms with Crippen LogP contribution in [0.15, 0.2) is 18.2 Å². The van der Waals surface area contributed by atoms with Gasteiger partial charge in [0.2, 0.25) is 5.91 Å². The lowest BCUT2D eigenvalue weighted by Crippen LogP contribution is -2.50. The average Bonchev–Trinajstić information content (AvgIpc) is 2.51. The van der Waals surface area contributed by atoms with Gasteiger partial charge in [0.1, 0.15) is 0 Å². The minimum Gasteiger partial charge on any atom is -0.349 e. The molecule has 0 unspecified atom stereocenters. The predicted molar refractivity (Wildman–Crippen MR) is 96.8 cm³/mol. The molecule has 2 rings (SSSR count). The molecule has 0 aromatic heterocycles. The zero-order chi connectivity index (χ0) is 17.7. The molecule has 0 atom stereocenters. The third kappa shape index (κ3) is 5.54. The smallest absolute Gasteiger partial charge is 0.321 e. The largest absolute Gasteiger partial charge is 0.349 e. The van der Waals surface area contributed by atoms with Gasteiger partial charge in [-0.25, -0.2) is 4.79 Å². The molecule has 0 radical (unpaired) electrons. The first-order chi connectivity index (χ1) is 11.3. The number of nitrogens with zero attached hydrogens (tertiary/aromatic N) is 3. The molecule has 3 amide bonds. The average molecular weight is 373 g/mol. The fourth-order valence-corrected chi connectivity index (χ4v) is 3.01. The van der Waals surface area contributed by atoms with Crippen LogP contribution in [-0.2, 0) is 4.79 Å². The molecule has 0 bridgehead atoms. The van der Waals surface area contributed by atoms with Crippen molar-refractivity contribution in [2.75, 3.05) is 52.1 Å². The Bertz CT molecular complexity index is 581. The van der Waals surface area contributed by atoms with Gasteiger partial charge in [-0.05, 0) is 18.2 Å². The van der Waals surface area contributed by atoms with Gasteiger partial charge in [0, 0.05) is 69.0 Å². The van der Waals surface area contributed by atoms with Crippen LogP contribution in [0.3, 0.4) is 0 Å². The minimum atomic E-state index is -0.169. The van der Waals surface area contributed by atoms with Crippen LogP contribution in [0.25, 0.3) is 0 Å². The Kier molecular flexibility index (Phi) is 6.71. The highest BCUT2D eigenvalue weighted by Gasteiger charge is 2.21. The summed E-state index contributed by atoms with van der Waals surface area (Å²) >= 11 is 11.9. The number of carbonyl (C=O) groups excluding carboxylic acids is 2. The lowest BCUT2D eigenvalue weighted by Gasteiger charge is -2.34. The number of piperazine rings is 1. The molecule has 1 aliphatic heterocycles. The van der Waals surface area contributed by atoms with Crippen molar-refractivity contribution in [1.82, 2.24) is 14.7 Å². The number of urea groups is 1. The van der Waals surface area contributed by atoms with Gasteiger partial charge in [-0.2, -0.15) is 0 Å². The Labute approximate surface area is 152 Å². The number of benzene rings is 1. The van der Waals surface area contributed by atoms with Crippen molar-refractivity contribution in [1.29, 1.82) is 0 Å². The van der Waals surface area contributed by atoms with Gasteiger partial charge in [-0.15, -0.1) is 0 Å². The Balaban J connectivity index is 1.79. The second-order valence-corrected chi connectivity index (χ2v) is 6.83. The molecule has 1 aromatic carbocycles. The maximum absolute atomic E-state index is 12.3. The van der Waals surface area contributed by atoms with Crippen LogP contribution >= 0.6 is 23.2 Å². The van der Waals surface area contributed by atoms with Gasteiger partial charge < -0.3 is 15.1 Å². The lowest BCUT2D eigenvalue weighted by atomic mass is 10.2. The second-order valence-electron chi connectivity index (χ2n) is 5.96. The topological polar surface area (TPSA) is 55.9 Å². The van der Waals surface area contributed by atoms with Crippen molar-refractivity contribution < 1.29 is 9.59 Å². The normalized spacial score (nSPS) is 15.2. The highest BCUT2D eigenvalue weighted by molar-refractivity contribution is 6.35. The molecule has 0 saturated carbocycles. The van der Waals surface area contributed by atoms with Crippen molar-refractivity contribution in [3.8, 4) is 0 Å². The summed E-state index contributed by atoms with van der Waals surface area (Å²) in [6.07, 6.45) is 0.500. The third-order valence-corrected chi connectivity index (χ3v) is 4.35. The van der Waals surface area contributed by atoms with Crippen molar-refractivity contribution in [3.05, 3.63) is 28.2 Å². The van der Waals surface area contributed by atoms with Gasteiger partial charge >= 0.3 is 6.03 Å². The molecule has 1 saturated heterocycles. The minimum absolute atomic E-state index is 0.119. The van der Waals surface area contributed by atoms with E-state index in [0.29, 0.717) is 35.2 Å². The summed E-state index contributed by atoms with van der Waals surface area (Å²) in [5.41, 5.74) is 0.580. The van der Waals surface area contributed by atoms with E-state index >= 15 is 0 Å². The van der Waals surface area contributed by atoms with Gasteiger partial charge in [0.25, 0.3) is 0 Å². The molecule has 0 aliphatic carbocycles. The monoisotopic (exact) mass is 372 g/mol. The first kappa shape index (κ1) is 18.8. The van der Waals surface area contributed by atoms with Crippen molar-refractivity contribution >= 4 is 40.8 Å². The SMILES string of the molecule is CN(C)C(=O)CCN1CCN(C(=O)Nc2cc(Cl)cc(Cl)c2)CC1. The van der Waals surface area contributed by atoms with Crippen molar-refractivity contribution in [2.24, 2.45) is 0 Å². The molecule has 132 valence electrons. The van der Waals surface area contributed by atoms with Crippen LogP contribution in [0.1, 0.15) is 6.42 Å². The van der Waals surface area contributed by atoms with Gasteiger partial charge in [-0.3, -0.25) is 9.69 Å². The maximum atomic E-state index is 12.3. The summed E-state index contributed by atoms with van der Waals surface area (Å²) in [7, 11) is 3.51. The van der Waals surface area contributed by atoms with Crippen LogP contribution in [0.5, 0.6) is 0 Å². The molecule has 1 N–H and O–H groups in total. The molecule has 1 fully saturated rings. The van der Waals surface area contributed by atoms with E-state index in [1.165, 1.54) is 0 Å². The highest BCUT2D eigenvalue weighted by atomic mass is 35.5. The summed E-state index contributed by atoms with van der Waals surface area (Å²) in [5.74, 6) is 0.119. The lowest BCUT2D eigenvalue weighted by molar-refractivity contribution is -0.129. The fourth-order valence-electron chi connectivity index (χ4n) is 2.48. The number of anilines is 1. The molecule has 6 nitrogen and oxygen atoms in total. The molecule has 1 heterocycles. The van der Waals surface area contributed by atoms with E-state index in [2.05, 4.69) is 10.2 Å². The Morgan fingerprint density at radius 3 is 2.21 bits per heavy atom. The Morgan fingerprint density at radius 2 is 1.67 bits per heavy atom. The zero-order valence-corrected chi connectivity index (χ0v) is 15.4. The number of nitrogens with one attached hydrogen (secondary N) is 1. The van der Waals surface area contributed by atoms with Gasteiger partial charge in [0.05, 0.1) is 0 Å². The van der Waals surface area contributed by atoms with E-state index in [0.717, 1.165) is 19.6 Å². The summed E-state index contributed by atoms with van der Waals surface area (Å²) in [4.78, 5) is 29.5. The zero-order valence-electron chi connectivity index (χ0n) is 13.9. The Morgan fingerprint density at radius 1 is 1.08 bits per heavy atom. The fraction of sp³-hybridized carbons (Fsp3) is 0.500. The summed E-state index contributed by atoms with van der Waals surface area (Å²) in [5, 5.41) is 3.77. The first-order valence-electron chi connectivity index (χ1n) is 7.79. The standard InChI is InChI=1S/C16H22Cl2N4O2/c1-20(2)15(23)3-4-21-5-7-22(8-6-21)16(24)19-14-10-12(17)9-13(18)11-14/h9-11H,3-8H2,1-2H3,(H,19,24). The van der Waals surface area contributed by atoms with E-state index in [1.54, 1.807) is 42.1 Å². The molecule has 0 spiro atoms. The third-order valence-electron chi connectivity index (χ3n) is 3.91. The number of amides is 3. The molecular formula is C16H22Cl2N4O2. The van der Waals surface area contributed by atoms with E-state index in [9.17, 15) is 9.59 Å². The highest BCUT2D eigenvalue weighted by Crippen LogP contribution is 2.22. The number of hydrogen-bond acceptors (Lipinski definition) is 3. The van der Waals surface area contributed by atoms with Crippen molar-refractivity contribution in [3.63, 3.8) is 0 Å². The molecule has 8 heteroatoms.